The van der Waals surface area contributed by atoms with Gasteiger partial charge in [0.1, 0.15) is 5.78 Å². The molecular formula is C24H30N2O. The Morgan fingerprint density at radius 3 is 2.81 bits per heavy atom. The van der Waals surface area contributed by atoms with Crippen molar-refractivity contribution in [1.29, 1.82) is 0 Å². The second kappa shape index (κ2) is 5.86. The van der Waals surface area contributed by atoms with Crippen molar-refractivity contribution in [1.82, 2.24) is 4.98 Å². The van der Waals surface area contributed by atoms with Gasteiger partial charge in [-0.25, -0.2) is 0 Å². The minimum atomic E-state index is 0.158. The summed E-state index contributed by atoms with van der Waals surface area (Å²) in [4.78, 5) is 21.4. The lowest BCUT2D eigenvalue weighted by molar-refractivity contribution is -0.120. The summed E-state index contributed by atoms with van der Waals surface area (Å²) in [5, 5.41) is 0. The summed E-state index contributed by atoms with van der Waals surface area (Å²) < 4.78 is 0. The molecule has 2 saturated carbocycles. The Bertz CT molecular complexity index is 869. The topological polar surface area (TPSA) is 42.3 Å². The van der Waals surface area contributed by atoms with Gasteiger partial charge in [0.2, 0.25) is 0 Å². The van der Waals surface area contributed by atoms with Crippen LogP contribution in [0.15, 0.2) is 29.5 Å². The largest absolute Gasteiger partial charge is 0.299 e. The summed E-state index contributed by atoms with van der Waals surface area (Å²) in [6, 6.07) is 2.13. The molecule has 3 nitrogen and oxygen atoms in total. The zero-order valence-electron chi connectivity index (χ0n) is 16.8. The summed E-state index contributed by atoms with van der Waals surface area (Å²) >= 11 is 0. The Morgan fingerprint density at radius 1 is 1.15 bits per heavy atom. The fraction of sp³-hybridized carbons (Fsp3) is 0.625. The highest BCUT2D eigenvalue weighted by Gasteiger charge is 2.57. The monoisotopic (exact) mass is 362 g/mol. The number of aliphatic imine (C=N–C) groups is 1. The predicted octanol–water partition coefficient (Wildman–Crippen LogP) is 5.04. The molecule has 142 valence electrons. The molecule has 27 heavy (non-hydrogen) atoms. The zero-order chi connectivity index (χ0) is 18.8. The number of rotatable bonds is 1. The Hall–Kier alpha value is -1.77. The van der Waals surface area contributed by atoms with Crippen LogP contribution in [0.3, 0.4) is 0 Å². The Kier molecular flexibility index (Phi) is 3.76. The Balaban J connectivity index is 1.50. The van der Waals surface area contributed by atoms with E-state index < -0.39 is 0 Å². The van der Waals surface area contributed by atoms with Gasteiger partial charge in [0.25, 0.3) is 0 Å². The van der Waals surface area contributed by atoms with Crippen LogP contribution in [0.4, 0.5) is 0 Å². The van der Waals surface area contributed by atoms with Gasteiger partial charge in [-0.05, 0) is 78.5 Å². The molecule has 2 fully saturated rings. The number of aromatic nitrogens is 1. The van der Waals surface area contributed by atoms with Crippen LogP contribution in [0.1, 0.15) is 63.5 Å². The normalized spacial score (nSPS) is 40.6. The molecule has 1 aliphatic heterocycles. The average Bonchev–Trinajstić information content (AvgIpc) is 3.00. The fourth-order valence-corrected chi connectivity index (χ4v) is 6.94. The Labute approximate surface area is 162 Å². The summed E-state index contributed by atoms with van der Waals surface area (Å²) in [6.45, 7) is 8.03. The van der Waals surface area contributed by atoms with Gasteiger partial charge in [0, 0.05) is 42.9 Å². The number of pyridine rings is 1. The van der Waals surface area contributed by atoms with Crippen LogP contribution < -0.4 is 0 Å². The summed E-state index contributed by atoms with van der Waals surface area (Å²) in [7, 11) is 0. The van der Waals surface area contributed by atoms with Gasteiger partial charge < -0.3 is 0 Å². The van der Waals surface area contributed by atoms with E-state index in [1.54, 1.807) is 0 Å². The van der Waals surface area contributed by atoms with E-state index in [4.69, 9.17) is 4.99 Å². The molecule has 5 rings (SSSR count). The molecule has 0 unspecified atom stereocenters. The molecule has 4 aliphatic rings. The van der Waals surface area contributed by atoms with Crippen molar-refractivity contribution in [3.05, 3.63) is 35.7 Å². The van der Waals surface area contributed by atoms with E-state index >= 15 is 0 Å². The molecule has 1 aromatic heterocycles. The molecular weight excluding hydrogens is 332 g/mol. The van der Waals surface area contributed by atoms with Crippen molar-refractivity contribution in [2.75, 3.05) is 6.54 Å². The molecule has 0 radical (unpaired) electrons. The average molecular weight is 363 g/mol. The van der Waals surface area contributed by atoms with Crippen LogP contribution in [-0.4, -0.2) is 23.0 Å². The molecule has 3 heteroatoms. The smallest absolute Gasteiger partial charge is 0.138 e. The third-order valence-corrected chi connectivity index (χ3v) is 8.61. The van der Waals surface area contributed by atoms with Gasteiger partial charge >= 0.3 is 0 Å². The van der Waals surface area contributed by atoms with Crippen LogP contribution in [0.5, 0.6) is 0 Å². The van der Waals surface area contributed by atoms with Crippen molar-refractivity contribution in [2.24, 2.45) is 33.6 Å². The summed E-state index contributed by atoms with van der Waals surface area (Å²) in [5.41, 5.74) is 5.82. The maximum absolute atomic E-state index is 12.0. The number of carbonyl (C=O) groups excluding carboxylic acids is 1. The van der Waals surface area contributed by atoms with Crippen LogP contribution in [0, 0.1) is 35.5 Å². The summed E-state index contributed by atoms with van der Waals surface area (Å²) in [6.07, 6.45) is 12.5. The number of ketones is 1. The lowest BCUT2D eigenvalue weighted by atomic mass is 9.49. The van der Waals surface area contributed by atoms with Gasteiger partial charge in [0.15, 0.2) is 0 Å². The van der Waals surface area contributed by atoms with Crippen LogP contribution in [0.25, 0.3) is 5.57 Å². The first kappa shape index (κ1) is 17.3. The SMILES string of the molecule is Cc1ccncc1C1=CC[C@H]2[C@@H]3CN=C4CC(=O)CC[C@]4(C)[C@H]3CC[C@]12C. The highest BCUT2D eigenvalue weighted by molar-refractivity contribution is 6.07. The number of nitrogens with zero attached hydrogens (tertiary/aromatic N) is 2. The highest BCUT2D eigenvalue weighted by Crippen LogP contribution is 2.63. The fourth-order valence-electron chi connectivity index (χ4n) is 6.94. The molecule has 1 aromatic rings. The van der Waals surface area contributed by atoms with E-state index in [0.29, 0.717) is 30.0 Å². The molecule has 0 saturated heterocycles. The molecule has 2 heterocycles. The standard InChI is InChI=1S/C24H30N2O/c1-15-8-11-25-13-17(15)19-4-5-20-18-14-26-22-12-16(27)6-9-24(22,3)21(18)7-10-23(19,20)2/h4,8,11,13,18,20-21H,5-7,9-10,12,14H2,1-3H3/t18-,20-,21-,23+,24+/m0/s1. The second-order valence-corrected chi connectivity index (χ2v) is 9.80. The maximum Gasteiger partial charge on any atom is 0.138 e. The number of carbonyl (C=O) groups is 1. The van der Waals surface area contributed by atoms with Crippen molar-refractivity contribution < 1.29 is 4.79 Å². The number of hydrogen-bond donors (Lipinski definition) is 0. The van der Waals surface area contributed by atoms with E-state index in [1.165, 1.54) is 41.7 Å². The second-order valence-electron chi connectivity index (χ2n) is 9.80. The maximum atomic E-state index is 12.0. The minimum absolute atomic E-state index is 0.158. The first-order valence-electron chi connectivity index (χ1n) is 10.6. The molecule has 5 atom stereocenters. The highest BCUT2D eigenvalue weighted by atomic mass is 16.1. The first-order chi connectivity index (χ1) is 12.9. The zero-order valence-corrected chi connectivity index (χ0v) is 16.8. The number of allylic oxidation sites excluding steroid dienone is 2. The Morgan fingerprint density at radius 2 is 2.00 bits per heavy atom. The van der Waals surface area contributed by atoms with Crippen LogP contribution >= 0.6 is 0 Å². The van der Waals surface area contributed by atoms with Crippen LogP contribution in [-0.2, 0) is 4.79 Å². The number of Topliss-reactive ketones (excluding diaryl/α,β-unsaturated/α-hetero) is 1. The lowest BCUT2D eigenvalue weighted by Gasteiger charge is -2.56. The molecule has 0 amide bonds. The predicted molar refractivity (Wildman–Crippen MR) is 109 cm³/mol. The minimum Gasteiger partial charge on any atom is -0.299 e. The number of aryl methyl sites for hydroxylation is 1. The molecule has 0 bridgehead atoms. The van der Waals surface area contributed by atoms with E-state index in [0.717, 1.165) is 19.4 Å². The van der Waals surface area contributed by atoms with Crippen molar-refractivity contribution >= 4 is 17.1 Å². The van der Waals surface area contributed by atoms with Crippen molar-refractivity contribution in [2.45, 2.75) is 59.3 Å². The van der Waals surface area contributed by atoms with Gasteiger partial charge in [0.05, 0.1) is 0 Å². The van der Waals surface area contributed by atoms with Gasteiger partial charge in [-0.2, -0.15) is 0 Å². The molecule has 0 spiro atoms. The molecule has 0 aromatic carbocycles. The van der Waals surface area contributed by atoms with Gasteiger partial charge in [-0.1, -0.05) is 19.9 Å². The third kappa shape index (κ3) is 2.36. The van der Waals surface area contributed by atoms with Gasteiger partial charge in [-0.3, -0.25) is 14.8 Å². The number of fused-ring (bicyclic) bond motifs is 5. The van der Waals surface area contributed by atoms with Crippen molar-refractivity contribution in [3.8, 4) is 0 Å². The third-order valence-electron chi connectivity index (χ3n) is 8.61. The summed E-state index contributed by atoms with van der Waals surface area (Å²) in [5.74, 6) is 2.41. The van der Waals surface area contributed by atoms with Crippen LogP contribution in [0.2, 0.25) is 0 Å². The van der Waals surface area contributed by atoms with Gasteiger partial charge in [-0.15, -0.1) is 0 Å². The first-order valence-corrected chi connectivity index (χ1v) is 10.6. The number of hydrogen-bond acceptors (Lipinski definition) is 3. The lowest BCUT2D eigenvalue weighted by Crippen LogP contribution is -2.54. The van der Waals surface area contributed by atoms with E-state index in [1.807, 2.05) is 6.20 Å². The van der Waals surface area contributed by atoms with E-state index in [9.17, 15) is 4.79 Å². The van der Waals surface area contributed by atoms with E-state index in [2.05, 4.69) is 44.1 Å². The van der Waals surface area contributed by atoms with Crippen molar-refractivity contribution in [3.63, 3.8) is 0 Å². The quantitative estimate of drug-likeness (QED) is 0.702. The van der Waals surface area contributed by atoms with E-state index in [-0.39, 0.29) is 10.8 Å². The molecule has 0 N–H and O–H groups in total. The molecule has 3 aliphatic carbocycles.